The number of benzene rings is 2. The molecule has 2 aromatic rings. The van der Waals surface area contributed by atoms with E-state index in [1.165, 1.54) is 44.2 Å². The first-order valence-corrected chi connectivity index (χ1v) is 12.3. The number of rotatable bonds is 10. The average Bonchev–Trinajstić information content (AvgIpc) is 2.82. The minimum atomic E-state index is -5.89. The van der Waals surface area contributed by atoms with E-state index in [0.717, 1.165) is 37.3 Å². The van der Waals surface area contributed by atoms with E-state index in [2.05, 4.69) is 11.7 Å². The molecular formula is C27H30F8O. The van der Waals surface area contributed by atoms with Crippen LogP contribution in [-0.2, 0) is 0 Å². The van der Waals surface area contributed by atoms with Gasteiger partial charge in [0.15, 0.2) is 11.6 Å². The number of hydrogen-bond acceptors (Lipinski definition) is 1. The normalized spacial score (nSPS) is 19.8. The molecule has 1 unspecified atom stereocenters. The van der Waals surface area contributed by atoms with Crippen molar-refractivity contribution in [2.75, 3.05) is 0 Å². The molecule has 0 aliphatic heterocycles. The van der Waals surface area contributed by atoms with Gasteiger partial charge in [-0.1, -0.05) is 57.2 Å². The van der Waals surface area contributed by atoms with Crippen LogP contribution in [0.15, 0.2) is 36.4 Å². The van der Waals surface area contributed by atoms with E-state index in [1.54, 1.807) is 6.07 Å². The Labute approximate surface area is 205 Å². The standard InChI is InChI=1S/C27H30F8O/c1-2-3-4-5-6-17-7-9-18(10-8-17)19-11-13-21(22(28)15-19)20-12-14-24(23(29)16-20)36-27(34,35)25(30)26(31,32)33/h11-18,25H,2-10H2,1H3. The zero-order valence-corrected chi connectivity index (χ0v) is 20.0. The molecule has 0 N–H and O–H groups in total. The summed E-state index contributed by atoms with van der Waals surface area (Å²) in [5.41, 5.74) is 0.816. The maximum Gasteiger partial charge on any atom is 0.439 e. The van der Waals surface area contributed by atoms with Crippen molar-refractivity contribution in [3.05, 3.63) is 53.6 Å². The number of ether oxygens (including phenoxy) is 1. The lowest BCUT2D eigenvalue weighted by molar-refractivity contribution is -0.305. The van der Waals surface area contributed by atoms with Gasteiger partial charge in [0, 0.05) is 5.56 Å². The summed E-state index contributed by atoms with van der Waals surface area (Å²) in [5.74, 6) is -2.46. The maximum atomic E-state index is 14.9. The molecule has 1 fully saturated rings. The summed E-state index contributed by atoms with van der Waals surface area (Å²) >= 11 is 0. The van der Waals surface area contributed by atoms with Crippen molar-refractivity contribution in [2.24, 2.45) is 5.92 Å². The topological polar surface area (TPSA) is 9.23 Å². The molecule has 0 aromatic heterocycles. The fraction of sp³-hybridized carbons (Fsp3) is 0.556. The summed E-state index contributed by atoms with van der Waals surface area (Å²) in [6.07, 6.45) is -5.59. The summed E-state index contributed by atoms with van der Waals surface area (Å²) in [6, 6.07) is 6.90. The van der Waals surface area contributed by atoms with Crippen molar-refractivity contribution >= 4 is 0 Å². The van der Waals surface area contributed by atoms with E-state index in [4.69, 9.17) is 0 Å². The van der Waals surface area contributed by atoms with Crippen LogP contribution in [0.4, 0.5) is 35.1 Å². The minimum Gasteiger partial charge on any atom is -0.427 e. The summed E-state index contributed by atoms with van der Waals surface area (Å²) in [4.78, 5) is 0. The van der Waals surface area contributed by atoms with E-state index >= 15 is 0 Å². The van der Waals surface area contributed by atoms with Gasteiger partial charge < -0.3 is 4.74 Å². The van der Waals surface area contributed by atoms with Gasteiger partial charge >= 0.3 is 12.3 Å². The van der Waals surface area contributed by atoms with Gasteiger partial charge in [0.05, 0.1) is 0 Å². The third kappa shape index (κ3) is 7.13. The molecule has 1 atom stereocenters. The Bertz CT molecular complexity index is 996. The zero-order valence-electron chi connectivity index (χ0n) is 20.0. The maximum absolute atomic E-state index is 14.9. The lowest BCUT2D eigenvalue weighted by Gasteiger charge is -2.29. The largest absolute Gasteiger partial charge is 0.439 e. The van der Waals surface area contributed by atoms with Crippen LogP contribution >= 0.6 is 0 Å². The molecule has 0 radical (unpaired) electrons. The molecule has 1 nitrogen and oxygen atoms in total. The number of hydrogen-bond donors (Lipinski definition) is 0. The number of unbranched alkanes of at least 4 members (excludes halogenated alkanes) is 3. The molecule has 1 aliphatic carbocycles. The number of halogens is 8. The van der Waals surface area contributed by atoms with Crippen LogP contribution in [0.2, 0.25) is 0 Å². The molecule has 36 heavy (non-hydrogen) atoms. The van der Waals surface area contributed by atoms with Crippen LogP contribution in [0.25, 0.3) is 11.1 Å². The molecule has 2 aromatic carbocycles. The monoisotopic (exact) mass is 522 g/mol. The third-order valence-corrected chi connectivity index (χ3v) is 6.85. The van der Waals surface area contributed by atoms with Crippen molar-refractivity contribution in [1.82, 2.24) is 0 Å². The van der Waals surface area contributed by atoms with Gasteiger partial charge in [0.25, 0.3) is 6.17 Å². The van der Waals surface area contributed by atoms with Crippen molar-refractivity contribution in [3.8, 4) is 16.9 Å². The first-order valence-electron chi connectivity index (χ1n) is 12.3. The fourth-order valence-corrected chi connectivity index (χ4v) is 4.80. The molecule has 1 aliphatic rings. The molecule has 9 heteroatoms. The Balaban J connectivity index is 1.65. The molecule has 3 rings (SSSR count). The molecule has 1 saturated carbocycles. The van der Waals surface area contributed by atoms with Crippen molar-refractivity contribution < 1.29 is 39.9 Å². The van der Waals surface area contributed by atoms with Gasteiger partial charge in [0.1, 0.15) is 5.82 Å². The highest BCUT2D eigenvalue weighted by Gasteiger charge is 2.59. The summed E-state index contributed by atoms with van der Waals surface area (Å²) in [6.45, 7) is 2.18. The van der Waals surface area contributed by atoms with Gasteiger partial charge in [-0.2, -0.15) is 22.0 Å². The second kappa shape index (κ2) is 11.8. The molecule has 0 spiro atoms. The average molecular weight is 523 g/mol. The SMILES string of the molecule is CCCCCCC1CCC(c2ccc(-c3ccc(OC(F)(F)C(F)C(F)(F)F)c(F)c3)c(F)c2)CC1. The van der Waals surface area contributed by atoms with Crippen LogP contribution < -0.4 is 4.74 Å². The first kappa shape index (κ1) is 28.3. The van der Waals surface area contributed by atoms with Crippen molar-refractivity contribution in [1.29, 1.82) is 0 Å². The van der Waals surface area contributed by atoms with Crippen LogP contribution in [0.3, 0.4) is 0 Å². The quantitative estimate of drug-likeness (QED) is 0.223. The highest BCUT2D eigenvalue weighted by atomic mass is 19.4. The fourth-order valence-electron chi connectivity index (χ4n) is 4.80. The number of alkyl halides is 6. The predicted octanol–water partition coefficient (Wildman–Crippen LogP) is 9.75. The van der Waals surface area contributed by atoms with E-state index in [9.17, 15) is 35.1 Å². The highest BCUT2D eigenvalue weighted by Crippen LogP contribution is 2.40. The summed E-state index contributed by atoms with van der Waals surface area (Å²) < 4.78 is 110. The smallest absolute Gasteiger partial charge is 0.427 e. The van der Waals surface area contributed by atoms with Crippen LogP contribution in [0.1, 0.15) is 76.2 Å². The first-order chi connectivity index (χ1) is 16.9. The second-order valence-electron chi connectivity index (χ2n) is 9.52. The van der Waals surface area contributed by atoms with Gasteiger partial charge in [-0.15, -0.1) is 0 Å². The highest BCUT2D eigenvalue weighted by molar-refractivity contribution is 5.65. The molecule has 0 amide bonds. The molecule has 0 heterocycles. The minimum absolute atomic E-state index is 0.000713. The Morgan fingerprint density at radius 2 is 1.56 bits per heavy atom. The van der Waals surface area contributed by atoms with Gasteiger partial charge in [0.2, 0.25) is 0 Å². The lowest BCUT2D eigenvalue weighted by atomic mass is 9.77. The third-order valence-electron chi connectivity index (χ3n) is 6.85. The zero-order chi connectivity index (χ0) is 26.5. The van der Waals surface area contributed by atoms with Gasteiger partial charge in [-0.3, -0.25) is 0 Å². The summed E-state index contributed by atoms with van der Waals surface area (Å²) in [7, 11) is 0. The molecule has 0 saturated heterocycles. The van der Waals surface area contributed by atoms with E-state index in [0.29, 0.717) is 18.1 Å². The Kier molecular flexibility index (Phi) is 9.28. The Morgan fingerprint density at radius 1 is 0.861 bits per heavy atom. The Morgan fingerprint density at radius 3 is 2.14 bits per heavy atom. The predicted molar refractivity (Wildman–Crippen MR) is 122 cm³/mol. The van der Waals surface area contributed by atoms with E-state index < -0.39 is 35.8 Å². The lowest BCUT2D eigenvalue weighted by Crippen LogP contribution is -2.45. The van der Waals surface area contributed by atoms with Crippen LogP contribution in [0, 0.1) is 17.6 Å². The second-order valence-corrected chi connectivity index (χ2v) is 9.52. The van der Waals surface area contributed by atoms with Crippen LogP contribution in [-0.4, -0.2) is 18.5 Å². The summed E-state index contributed by atoms with van der Waals surface area (Å²) in [5, 5.41) is 0. The van der Waals surface area contributed by atoms with Crippen molar-refractivity contribution in [3.63, 3.8) is 0 Å². The Hall–Kier alpha value is -2.32. The van der Waals surface area contributed by atoms with Crippen LogP contribution in [0.5, 0.6) is 5.75 Å². The van der Waals surface area contributed by atoms with E-state index in [-0.39, 0.29) is 17.0 Å². The van der Waals surface area contributed by atoms with Crippen molar-refractivity contribution in [2.45, 2.75) is 89.1 Å². The van der Waals surface area contributed by atoms with Gasteiger partial charge in [-0.25, -0.2) is 13.2 Å². The van der Waals surface area contributed by atoms with Gasteiger partial charge in [-0.05, 0) is 66.8 Å². The molecule has 200 valence electrons. The molecular weight excluding hydrogens is 492 g/mol. The van der Waals surface area contributed by atoms with E-state index in [1.807, 2.05) is 0 Å². The molecule has 0 bridgehead atoms.